The van der Waals surface area contributed by atoms with Crippen LogP contribution in [0, 0.1) is 13.8 Å². The Morgan fingerprint density at radius 1 is 0.791 bits per heavy atom. The molecule has 2 amide bonds. The van der Waals surface area contributed by atoms with Gasteiger partial charge in [-0.1, -0.05) is 13.8 Å². The van der Waals surface area contributed by atoms with E-state index in [2.05, 4.69) is 20.6 Å². The Balaban J connectivity index is 1.75. The SMILES string of the molecule is CCC1=C(C)/C(=C\c2[nH]c(Cc3[nH]c(C[C@H]4NC(=O)C(C)=C4CC)c(C)c3CCC(=O)O)c(CCC(=O)O)c2C)NC1=O. The topological polar surface area (TPSA) is 164 Å². The Bertz CT molecular complexity index is 1580. The summed E-state index contributed by atoms with van der Waals surface area (Å²) in [6, 6.07) is -0.127. The Kier molecular flexibility index (Phi) is 9.47. The Hall–Kier alpha value is -4.34. The summed E-state index contributed by atoms with van der Waals surface area (Å²) in [5.41, 5.74) is 11.3. The molecule has 0 aromatic carbocycles. The van der Waals surface area contributed by atoms with Gasteiger partial charge in [0.05, 0.1) is 6.04 Å². The number of carbonyl (C=O) groups is 4. The van der Waals surface area contributed by atoms with Gasteiger partial charge in [0.15, 0.2) is 0 Å². The van der Waals surface area contributed by atoms with Crippen molar-refractivity contribution >= 4 is 29.8 Å². The predicted octanol–water partition coefficient (Wildman–Crippen LogP) is 4.55. The molecule has 0 aliphatic carbocycles. The van der Waals surface area contributed by atoms with Gasteiger partial charge in [0.25, 0.3) is 5.91 Å². The molecule has 0 spiro atoms. The number of aromatic amines is 2. The number of amides is 2. The molecule has 0 radical (unpaired) electrons. The summed E-state index contributed by atoms with van der Waals surface area (Å²) < 4.78 is 0. The molecule has 6 N–H and O–H groups in total. The summed E-state index contributed by atoms with van der Waals surface area (Å²) in [5.74, 6) is -1.94. The first-order valence-electron chi connectivity index (χ1n) is 14.9. The second-order valence-electron chi connectivity index (χ2n) is 11.5. The van der Waals surface area contributed by atoms with Gasteiger partial charge >= 0.3 is 11.9 Å². The summed E-state index contributed by atoms with van der Waals surface area (Å²) in [5, 5.41) is 24.9. The van der Waals surface area contributed by atoms with Crippen molar-refractivity contribution in [2.24, 2.45) is 0 Å². The van der Waals surface area contributed by atoms with E-state index in [9.17, 15) is 29.4 Å². The van der Waals surface area contributed by atoms with Gasteiger partial charge in [0.2, 0.25) is 5.91 Å². The molecule has 43 heavy (non-hydrogen) atoms. The van der Waals surface area contributed by atoms with Gasteiger partial charge in [-0.2, -0.15) is 0 Å². The summed E-state index contributed by atoms with van der Waals surface area (Å²) in [7, 11) is 0. The number of hydrogen-bond donors (Lipinski definition) is 6. The highest BCUT2D eigenvalue weighted by Crippen LogP contribution is 2.31. The lowest BCUT2D eigenvalue weighted by Crippen LogP contribution is -2.31. The number of carboxylic acids is 2. The van der Waals surface area contributed by atoms with Crippen LogP contribution in [0.3, 0.4) is 0 Å². The van der Waals surface area contributed by atoms with E-state index < -0.39 is 11.9 Å². The van der Waals surface area contributed by atoms with Crippen LogP contribution in [-0.4, -0.2) is 50.0 Å². The summed E-state index contributed by atoms with van der Waals surface area (Å²) in [4.78, 5) is 54.9. The van der Waals surface area contributed by atoms with Gasteiger partial charge in [-0.05, 0) is 92.9 Å². The molecule has 0 unspecified atom stereocenters. The molecule has 4 heterocycles. The van der Waals surface area contributed by atoms with Crippen molar-refractivity contribution in [3.8, 4) is 0 Å². The van der Waals surface area contributed by atoms with Crippen molar-refractivity contribution in [1.29, 1.82) is 0 Å². The van der Waals surface area contributed by atoms with Crippen LogP contribution < -0.4 is 10.6 Å². The standard InChI is InChI=1S/C33H42N4O6/c1-7-20-19(6)32(42)37-27(20)14-25-18(5)23(10-12-31(40)41)29(35-25)15-28-22(9-11-30(38)39)17(4)24(34-28)13-26-16(3)21(8-2)33(43)36-26/h13,27,34-35H,7-12,14-15H2,1-6H3,(H,36,43)(H,37,42)(H,38,39)(H,40,41)/b26-13+/t27-/m1/s1. The Morgan fingerprint density at radius 2 is 1.40 bits per heavy atom. The number of nitrogens with one attached hydrogen (secondary N) is 4. The Labute approximate surface area is 251 Å². The van der Waals surface area contributed by atoms with Crippen molar-refractivity contribution in [2.45, 2.75) is 99.0 Å². The number of aromatic nitrogens is 2. The number of H-pyrrole nitrogens is 2. The number of hydrogen-bond acceptors (Lipinski definition) is 4. The molecule has 10 heteroatoms. The number of aliphatic carboxylic acids is 2. The maximum absolute atomic E-state index is 12.4. The molecule has 2 aliphatic heterocycles. The third-order valence-electron chi connectivity index (χ3n) is 8.97. The van der Waals surface area contributed by atoms with Crippen LogP contribution in [0.4, 0.5) is 0 Å². The summed E-state index contributed by atoms with van der Waals surface area (Å²) in [6.07, 6.45) is 4.88. The highest BCUT2D eigenvalue weighted by Gasteiger charge is 2.30. The van der Waals surface area contributed by atoms with Gasteiger partial charge in [-0.3, -0.25) is 19.2 Å². The second-order valence-corrected chi connectivity index (χ2v) is 11.5. The molecule has 2 aromatic heterocycles. The first-order chi connectivity index (χ1) is 20.4. The first kappa shape index (κ1) is 31.6. The van der Waals surface area contributed by atoms with E-state index in [0.717, 1.165) is 79.4 Å². The normalized spacial score (nSPS) is 17.8. The molecule has 230 valence electrons. The number of carbonyl (C=O) groups excluding carboxylic acids is 2. The number of rotatable bonds is 13. The van der Waals surface area contributed by atoms with E-state index in [1.807, 2.05) is 47.6 Å². The predicted molar refractivity (Wildman–Crippen MR) is 164 cm³/mol. The lowest BCUT2D eigenvalue weighted by molar-refractivity contribution is -0.138. The van der Waals surface area contributed by atoms with Gasteiger partial charge in [0, 0.05) is 65.3 Å². The third-order valence-corrected chi connectivity index (χ3v) is 8.97. The molecule has 0 saturated heterocycles. The molecular formula is C33H42N4O6. The van der Waals surface area contributed by atoms with Crippen molar-refractivity contribution in [2.75, 3.05) is 0 Å². The van der Waals surface area contributed by atoms with Crippen LogP contribution in [0.2, 0.25) is 0 Å². The molecule has 0 bridgehead atoms. The maximum atomic E-state index is 12.4. The molecule has 1 atom stereocenters. The Morgan fingerprint density at radius 3 is 1.95 bits per heavy atom. The average Bonchev–Trinajstić information content (AvgIpc) is 3.59. The quantitative estimate of drug-likeness (QED) is 0.200. The van der Waals surface area contributed by atoms with E-state index in [-0.39, 0.29) is 30.7 Å². The van der Waals surface area contributed by atoms with E-state index in [1.54, 1.807) is 0 Å². The molecule has 2 aliphatic rings. The van der Waals surface area contributed by atoms with Crippen molar-refractivity contribution in [3.63, 3.8) is 0 Å². The van der Waals surface area contributed by atoms with Crippen LogP contribution in [0.25, 0.3) is 6.08 Å². The highest BCUT2D eigenvalue weighted by molar-refractivity contribution is 6.01. The molecule has 4 rings (SSSR count). The molecule has 10 nitrogen and oxygen atoms in total. The molecule has 0 saturated carbocycles. The minimum atomic E-state index is -0.894. The van der Waals surface area contributed by atoms with Crippen LogP contribution in [0.15, 0.2) is 28.0 Å². The number of carboxylic acid groups (broad SMARTS) is 2. The highest BCUT2D eigenvalue weighted by atomic mass is 16.4. The fraction of sp³-hybridized carbons (Fsp3) is 0.455. The van der Waals surface area contributed by atoms with Crippen molar-refractivity contribution in [3.05, 3.63) is 73.0 Å². The zero-order valence-corrected chi connectivity index (χ0v) is 25.8. The summed E-state index contributed by atoms with van der Waals surface area (Å²) in [6.45, 7) is 11.7. The van der Waals surface area contributed by atoms with Crippen LogP contribution in [0.5, 0.6) is 0 Å². The van der Waals surface area contributed by atoms with Crippen molar-refractivity contribution < 1.29 is 29.4 Å². The lowest BCUT2D eigenvalue weighted by atomic mass is 9.96. The fourth-order valence-corrected chi connectivity index (χ4v) is 6.44. The minimum Gasteiger partial charge on any atom is -0.481 e. The van der Waals surface area contributed by atoms with E-state index >= 15 is 0 Å². The van der Waals surface area contributed by atoms with E-state index in [1.165, 1.54) is 0 Å². The fourth-order valence-electron chi connectivity index (χ4n) is 6.44. The second kappa shape index (κ2) is 12.9. The third kappa shape index (κ3) is 6.53. The maximum Gasteiger partial charge on any atom is 0.303 e. The zero-order chi connectivity index (χ0) is 31.6. The van der Waals surface area contributed by atoms with Crippen molar-refractivity contribution in [1.82, 2.24) is 20.6 Å². The molecular weight excluding hydrogens is 548 g/mol. The zero-order valence-electron chi connectivity index (χ0n) is 25.8. The summed E-state index contributed by atoms with van der Waals surface area (Å²) >= 11 is 0. The largest absolute Gasteiger partial charge is 0.481 e. The van der Waals surface area contributed by atoms with E-state index in [4.69, 9.17) is 0 Å². The van der Waals surface area contributed by atoms with Gasteiger partial charge in [0.1, 0.15) is 0 Å². The monoisotopic (exact) mass is 590 g/mol. The van der Waals surface area contributed by atoms with Gasteiger partial charge in [-0.25, -0.2) is 0 Å². The smallest absolute Gasteiger partial charge is 0.303 e. The molecule has 0 fully saturated rings. The van der Waals surface area contributed by atoms with Crippen LogP contribution >= 0.6 is 0 Å². The molecule has 2 aromatic rings. The van der Waals surface area contributed by atoms with Crippen LogP contribution in [-0.2, 0) is 44.9 Å². The van der Waals surface area contributed by atoms with Crippen LogP contribution in [0.1, 0.15) is 98.4 Å². The first-order valence-corrected chi connectivity index (χ1v) is 14.9. The lowest BCUT2D eigenvalue weighted by Gasteiger charge is -2.14. The number of allylic oxidation sites excluding steroid dienone is 1. The van der Waals surface area contributed by atoms with E-state index in [0.29, 0.717) is 32.1 Å². The van der Waals surface area contributed by atoms with Gasteiger partial charge < -0.3 is 30.8 Å². The average molecular weight is 591 g/mol. The van der Waals surface area contributed by atoms with Gasteiger partial charge in [-0.15, -0.1) is 0 Å². The minimum absolute atomic E-state index is 0.0252.